The van der Waals surface area contributed by atoms with E-state index in [4.69, 9.17) is 11.6 Å². The van der Waals surface area contributed by atoms with Gasteiger partial charge in [0, 0.05) is 16.3 Å². The molecule has 1 N–H and O–H groups in total. The van der Waals surface area contributed by atoms with Gasteiger partial charge in [0.15, 0.2) is 5.84 Å². The van der Waals surface area contributed by atoms with Crippen molar-refractivity contribution in [1.29, 1.82) is 0 Å². The lowest BCUT2D eigenvalue weighted by molar-refractivity contribution is 0.600. The maximum atomic E-state index is 12.5. The standard InChI is InChI=1S/C17H13ClN2O2S2/c18-14-8-10-15(11-9-14)19-17(13-5-2-1-3-6-13)20-24(21,22)16-7-4-12-23-16/h1-12H,(H,19,20). The van der Waals surface area contributed by atoms with Crippen LogP contribution in [0.4, 0.5) is 5.69 Å². The molecule has 0 spiro atoms. The van der Waals surface area contributed by atoms with Crippen LogP contribution >= 0.6 is 22.9 Å². The smallest absolute Gasteiger partial charge is 0.293 e. The van der Waals surface area contributed by atoms with Crippen molar-refractivity contribution in [2.24, 2.45) is 4.40 Å². The number of thiophene rings is 1. The number of anilines is 1. The Morgan fingerprint density at radius 1 is 0.958 bits per heavy atom. The quantitative estimate of drug-likeness (QED) is 0.532. The maximum Gasteiger partial charge on any atom is 0.293 e. The van der Waals surface area contributed by atoms with Crippen LogP contribution in [0.1, 0.15) is 5.56 Å². The molecule has 0 atom stereocenters. The summed E-state index contributed by atoms with van der Waals surface area (Å²) in [6.07, 6.45) is 0. The Balaban J connectivity index is 2.02. The van der Waals surface area contributed by atoms with Crippen molar-refractivity contribution >= 4 is 44.5 Å². The molecule has 3 aromatic rings. The van der Waals surface area contributed by atoms with Crippen molar-refractivity contribution in [2.75, 3.05) is 5.32 Å². The molecule has 0 aliphatic carbocycles. The van der Waals surface area contributed by atoms with Crippen LogP contribution in [-0.4, -0.2) is 14.3 Å². The Bertz CT molecular complexity index is 936. The summed E-state index contributed by atoms with van der Waals surface area (Å²) in [6, 6.07) is 19.3. The van der Waals surface area contributed by atoms with Crippen LogP contribution < -0.4 is 5.32 Å². The molecule has 0 fully saturated rings. The van der Waals surface area contributed by atoms with Crippen molar-refractivity contribution in [3.63, 3.8) is 0 Å². The van der Waals surface area contributed by atoms with E-state index >= 15 is 0 Å². The molecule has 1 aromatic heterocycles. The molecule has 24 heavy (non-hydrogen) atoms. The van der Waals surface area contributed by atoms with Gasteiger partial charge < -0.3 is 5.32 Å². The van der Waals surface area contributed by atoms with E-state index in [0.717, 1.165) is 11.3 Å². The summed E-state index contributed by atoms with van der Waals surface area (Å²) in [6.45, 7) is 0. The normalized spacial score (nSPS) is 12.1. The fourth-order valence-corrected chi connectivity index (χ4v) is 4.06. The first-order valence-electron chi connectivity index (χ1n) is 7.01. The molecular weight excluding hydrogens is 364 g/mol. The van der Waals surface area contributed by atoms with Gasteiger partial charge in [-0.25, -0.2) is 0 Å². The number of hydrogen-bond acceptors (Lipinski definition) is 3. The van der Waals surface area contributed by atoms with Crippen molar-refractivity contribution in [2.45, 2.75) is 4.21 Å². The number of halogens is 1. The molecule has 0 amide bonds. The molecular formula is C17H13ClN2O2S2. The molecule has 2 aromatic carbocycles. The zero-order valence-electron chi connectivity index (χ0n) is 12.4. The fraction of sp³-hybridized carbons (Fsp3) is 0. The van der Waals surface area contributed by atoms with E-state index in [1.54, 1.807) is 47.8 Å². The topological polar surface area (TPSA) is 58.5 Å². The van der Waals surface area contributed by atoms with Gasteiger partial charge in [0.2, 0.25) is 0 Å². The van der Waals surface area contributed by atoms with Crippen LogP contribution in [0.5, 0.6) is 0 Å². The first-order valence-corrected chi connectivity index (χ1v) is 9.71. The molecule has 0 unspecified atom stereocenters. The van der Waals surface area contributed by atoms with E-state index in [0.29, 0.717) is 16.3 Å². The summed E-state index contributed by atoms with van der Waals surface area (Å²) in [5, 5.41) is 5.36. The van der Waals surface area contributed by atoms with Gasteiger partial charge in [-0.2, -0.15) is 8.42 Å². The number of amidine groups is 1. The van der Waals surface area contributed by atoms with Crippen LogP contribution in [0.2, 0.25) is 5.02 Å². The third-order valence-electron chi connectivity index (χ3n) is 3.11. The second kappa shape index (κ2) is 7.17. The van der Waals surface area contributed by atoms with Crippen LogP contribution in [-0.2, 0) is 10.0 Å². The molecule has 0 aliphatic rings. The van der Waals surface area contributed by atoms with Crippen LogP contribution in [0, 0.1) is 0 Å². The summed E-state index contributed by atoms with van der Waals surface area (Å²) in [5.41, 5.74) is 1.37. The Morgan fingerprint density at radius 3 is 2.29 bits per heavy atom. The summed E-state index contributed by atoms with van der Waals surface area (Å²) in [5.74, 6) is 0.256. The number of nitrogens with zero attached hydrogens (tertiary/aromatic N) is 1. The number of nitrogens with one attached hydrogen (secondary N) is 1. The van der Waals surface area contributed by atoms with Gasteiger partial charge in [-0.1, -0.05) is 48.0 Å². The molecule has 0 radical (unpaired) electrons. The highest BCUT2D eigenvalue weighted by molar-refractivity contribution is 7.92. The first-order chi connectivity index (χ1) is 11.5. The van der Waals surface area contributed by atoms with Gasteiger partial charge in [-0.3, -0.25) is 0 Å². The van der Waals surface area contributed by atoms with Gasteiger partial charge in [0.25, 0.3) is 10.0 Å². The number of rotatable bonds is 4. The lowest BCUT2D eigenvalue weighted by Gasteiger charge is -2.10. The highest BCUT2D eigenvalue weighted by Crippen LogP contribution is 2.20. The summed E-state index contributed by atoms with van der Waals surface area (Å²) < 4.78 is 29.2. The lowest BCUT2D eigenvalue weighted by Crippen LogP contribution is -2.16. The van der Waals surface area contributed by atoms with Crippen LogP contribution in [0.15, 0.2) is 80.7 Å². The number of benzene rings is 2. The second-order valence-corrected chi connectivity index (χ2v) is 8.06. The average Bonchev–Trinajstić information content (AvgIpc) is 3.12. The minimum absolute atomic E-state index is 0.203. The third kappa shape index (κ3) is 4.03. The Hall–Kier alpha value is -2.15. The number of sulfonamides is 1. The van der Waals surface area contributed by atoms with Crippen molar-refractivity contribution in [3.8, 4) is 0 Å². The van der Waals surface area contributed by atoms with E-state index in [1.807, 2.05) is 18.2 Å². The second-order valence-electron chi connectivity index (χ2n) is 4.84. The molecule has 7 heteroatoms. The van der Waals surface area contributed by atoms with Crippen molar-refractivity contribution in [3.05, 3.63) is 82.7 Å². The van der Waals surface area contributed by atoms with Crippen LogP contribution in [0.3, 0.4) is 0 Å². The SMILES string of the molecule is O=S(=O)(/N=C(/Nc1ccc(Cl)cc1)c1ccccc1)c1cccs1. The minimum Gasteiger partial charge on any atom is -0.339 e. The largest absolute Gasteiger partial charge is 0.339 e. The Morgan fingerprint density at radius 2 is 1.67 bits per heavy atom. The summed E-state index contributed by atoms with van der Waals surface area (Å²) in [4.78, 5) is 0. The highest BCUT2D eigenvalue weighted by Gasteiger charge is 2.16. The third-order valence-corrected chi connectivity index (χ3v) is 6.02. The maximum absolute atomic E-state index is 12.5. The summed E-state index contributed by atoms with van der Waals surface area (Å²) >= 11 is 7.02. The molecule has 3 rings (SSSR count). The van der Waals surface area contributed by atoms with Gasteiger partial charge in [0.1, 0.15) is 4.21 Å². The predicted molar refractivity (Wildman–Crippen MR) is 99.6 cm³/mol. The monoisotopic (exact) mass is 376 g/mol. The van der Waals surface area contributed by atoms with Crippen molar-refractivity contribution in [1.82, 2.24) is 0 Å². The predicted octanol–water partition coefficient (Wildman–Crippen LogP) is 4.65. The zero-order chi connectivity index (χ0) is 17.0. The Kier molecular flexibility index (Phi) is 4.99. The fourth-order valence-electron chi connectivity index (χ4n) is 1.99. The number of hydrogen-bond donors (Lipinski definition) is 1. The Labute approximate surface area is 149 Å². The van der Waals surface area contributed by atoms with E-state index in [2.05, 4.69) is 9.71 Å². The van der Waals surface area contributed by atoms with Crippen LogP contribution in [0.25, 0.3) is 0 Å². The molecule has 0 bridgehead atoms. The van der Waals surface area contributed by atoms with Crippen molar-refractivity contribution < 1.29 is 8.42 Å². The average molecular weight is 377 g/mol. The van der Waals surface area contributed by atoms with E-state index in [1.165, 1.54) is 6.07 Å². The molecule has 0 aliphatic heterocycles. The van der Waals surface area contributed by atoms with E-state index < -0.39 is 10.0 Å². The van der Waals surface area contributed by atoms with Gasteiger partial charge >= 0.3 is 0 Å². The molecule has 1 heterocycles. The molecule has 4 nitrogen and oxygen atoms in total. The molecule has 0 saturated carbocycles. The van der Waals surface area contributed by atoms with Gasteiger partial charge in [0.05, 0.1) is 0 Å². The van der Waals surface area contributed by atoms with Gasteiger partial charge in [-0.15, -0.1) is 15.7 Å². The minimum atomic E-state index is -3.77. The van der Waals surface area contributed by atoms with E-state index in [-0.39, 0.29) is 10.0 Å². The van der Waals surface area contributed by atoms with E-state index in [9.17, 15) is 8.42 Å². The summed E-state index contributed by atoms with van der Waals surface area (Å²) in [7, 11) is -3.77. The molecule has 0 saturated heterocycles. The zero-order valence-corrected chi connectivity index (χ0v) is 14.8. The lowest BCUT2D eigenvalue weighted by atomic mass is 10.2. The first kappa shape index (κ1) is 16.7. The molecule has 122 valence electrons. The highest BCUT2D eigenvalue weighted by atomic mass is 35.5. The van der Waals surface area contributed by atoms with Gasteiger partial charge in [-0.05, 0) is 35.7 Å².